The Kier molecular flexibility index (Phi) is 3.11. The maximum absolute atomic E-state index is 6.03. The van der Waals surface area contributed by atoms with E-state index in [1.54, 1.807) is 17.7 Å². The highest BCUT2D eigenvalue weighted by Gasteiger charge is 2.21. The van der Waals surface area contributed by atoms with E-state index in [4.69, 9.17) is 4.74 Å². The van der Waals surface area contributed by atoms with Gasteiger partial charge in [-0.25, -0.2) is 9.97 Å². The third-order valence-corrected chi connectivity index (χ3v) is 5.29. The first-order valence-electron chi connectivity index (χ1n) is 7.25. The highest BCUT2D eigenvalue weighted by atomic mass is 32.1. The van der Waals surface area contributed by atoms with Gasteiger partial charge in [0.2, 0.25) is 5.88 Å². The van der Waals surface area contributed by atoms with Crippen molar-refractivity contribution in [3.63, 3.8) is 0 Å². The lowest BCUT2D eigenvalue weighted by Gasteiger charge is -2.09. The van der Waals surface area contributed by atoms with Gasteiger partial charge in [-0.1, -0.05) is 24.3 Å². The van der Waals surface area contributed by atoms with Crippen LogP contribution in [0.2, 0.25) is 0 Å². The molecule has 0 bridgehead atoms. The van der Waals surface area contributed by atoms with Crippen molar-refractivity contribution >= 4 is 21.6 Å². The van der Waals surface area contributed by atoms with Crippen molar-refractivity contribution in [2.45, 2.75) is 32.8 Å². The van der Waals surface area contributed by atoms with Crippen molar-refractivity contribution in [3.8, 4) is 5.88 Å². The summed E-state index contributed by atoms with van der Waals surface area (Å²) in [7, 11) is 0. The lowest BCUT2D eigenvalue weighted by molar-refractivity contribution is 0.297. The quantitative estimate of drug-likeness (QED) is 0.731. The number of ether oxygens (including phenoxy) is 1. The lowest BCUT2D eigenvalue weighted by Crippen LogP contribution is -2.00. The number of aryl methyl sites for hydroxylation is 3. The van der Waals surface area contributed by atoms with Gasteiger partial charge >= 0.3 is 0 Å². The van der Waals surface area contributed by atoms with E-state index in [1.807, 2.05) is 12.1 Å². The minimum Gasteiger partial charge on any atom is -0.472 e. The van der Waals surface area contributed by atoms with E-state index in [2.05, 4.69) is 29.0 Å². The van der Waals surface area contributed by atoms with E-state index in [0.29, 0.717) is 6.61 Å². The molecule has 4 rings (SSSR count). The summed E-state index contributed by atoms with van der Waals surface area (Å²) in [4.78, 5) is 11.3. The number of benzene rings is 1. The third kappa shape index (κ3) is 2.20. The normalized spacial score (nSPS) is 13.6. The van der Waals surface area contributed by atoms with Crippen LogP contribution in [0.1, 0.15) is 28.0 Å². The zero-order valence-electron chi connectivity index (χ0n) is 11.9. The summed E-state index contributed by atoms with van der Waals surface area (Å²) < 4.78 is 6.03. The molecule has 0 atom stereocenters. The van der Waals surface area contributed by atoms with Gasteiger partial charge < -0.3 is 4.74 Å². The van der Waals surface area contributed by atoms with Crippen molar-refractivity contribution < 1.29 is 4.74 Å². The monoisotopic (exact) mass is 296 g/mol. The molecule has 0 saturated carbocycles. The van der Waals surface area contributed by atoms with Crippen LogP contribution in [-0.2, 0) is 19.4 Å². The van der Waals surface area contributed by atoms with Gasteiger partial charge in [-0.15, -0.1) is 11.3 Å². The lowest BCUT2D eigenvalue weighted by atomic mass is 10.1. The molecule has 4 heteroatoms. The summed E-state index contributed by atoms with van der Waals surface area (Å²) in [6.07, 6.45) is 5.15. The Morgan fingerprint density at radius 1 is 1.19 bits per heavy atom. The van der Waals surface area contributed by atoms with E-state index in [1.165, 1.54) is 34.4 Å². The Labute approximate surface area is 127 Å². The molecule has 0 fully saturated rings. The van der Waals surface area contributed by atoms with Crippen LogP contribution < -0.4 is 4.74 Å². The topological polar surface area (TPSA) is 35.0 Å². The number of hydrogen-bond acceptors (Lipinski definition) is 4. The molecule has 2 heterocycles. The molecule has 0 radical (unpaired) electrons. The maximum atomic E-state index is 6.03. The number of rotatable bonds is 3. The first-order valence-corrected chi connectivity index (χ1v) is 8.07. The van der Waals surface area contributed by atoms with Gasteiger partial charge in [-0.2, -0.15) is 0 Å². The fraction of sp³-hybridized carbons (Fsp3) is 0.294. The van der Waals surface area contributed by atoms with E-state index in [9.17, 15) is 0 Å². The van der Waals surface area contributed by atoms with E-state index in [0.717, 1.165) is 22.5 Å². The van der Waals surface area contributed by atoms with Crippen LogP contribution in [0.25, 0.3) is 10.2 Å². The Hall–Kier alpha value is -1.94. The summed E-state index contributed by atoms with van der Waals surface area (Å²) in [6.45, 7) is 2.67. The smallest absolute Gasteiger partial charge is 0.225 e. The molecule has 3 nitrogen and oxygen atoms in total. The molecule has 0 spiro atoms. The van der Waals surface area contributed by atoms with Crippen LogP contribution in [-0.4, -0.2) is 9.97 Å². The molecule has 0 N–H and O–H groups in total. The molecule has 2 aromatic heterocycles. The second-order valence-electron chi connectivity index (χ2n) is 5.43. The molecule has 0 amide bonds. The minimum absolute atomic E-state index is 0.559. The van der Waals surface area contributed by atoms with Crippen LogP contribution in [0, 0.1) is 6.92 Å². The van der Waals surface area contributed by atoms with E-state index < -0.39 is 0 Å². The number of fused-ring (bicyclic) bond motifs is 3. The number of hydrogen-bond donors (Lipinski definition) is 0. The Bertz CT molecular complexity index is 810. The summed E-state index contributed by atoms with van der Waals surface area (Å²) in [5, 5.41) is 1.14. The first-order chi connectivity index (χ1) is 10.3. The standard InChI is InChI=1S/C17H16N2OS/c1-11-5-2-3-6-12(11)9-20-16-15-13-7-4-8-14(13)21-17(15)19-10-18-16/h2-3,5-6,10H,4,7-9H2,1H3. The van der Waals surface area contributed by atoms with Crippen LogP contribution in [0.4, 0.5) is 0 Å². The van der Waals surface area contributed by atoms with Gasteiger partial charge in [0.05, 0.1) is 5.39 Å². The number of thiophene rings is 1. The first kappa shape index (κ1) is 12.8. The van der Waals surface area contributed by atoms with Gasteiger partial charge in [-0.05, 0) is 42.9 Å². The van der Waals surface area contributed by atoms with Gasteiger partial charge in [0.15, 0.2) is 0 Å². The zero-order valence-corrected chi connectivity index (χ0v) is 12.7. The fourth-order valence-electron chi connectivity index (χ4n) is 2.93. The minimum atomic E-state index is 0.559. The van der Waals surface area contributed by atoms with Gasteiger partial charge in [-0.3, -0.25) is 0 Å². The summed E-state index contributed by atoms with van der Waals surface area (Å²) in [6, 6.07) is 8.30. The second-order valence-corrected chi connectivity index (χ2v) is 6.52. The van der Waals surface area contributed by atoms with Crippen LogP contribution in [0.15, 0.2) is 30.6 Å². The van der Waals surface area contributed by atoms with Gasteiger partial charge in [0.1, 0.15) is 17.8 Å². The average Bonchev–Trinajstić information content (AvgIpc) is 3.07. The molecular formula is C17H16N2OS. The molecule has 0 aliphatic heterocycles. The Balaban J connectivity index is 1.69. The summed E-state index contributed by atoms with van der Waals surface area (Å²) in [5.41, 5.74) is 3.87. The Morgan fingerprint density at radius 3 is 3.00 bits per heavy atom. The van der Waals surface area contributed by atoms with Crippen molar-refractivity contribution in [1.82, 2.24) is 9.97 Å². The maximum Gasteiger partial charge on any atom is 0.225 e. The molecule has 1 aliphatic rings. The Morgan fingerprint density at radius 2 is 2.10 bits per heavy atom. The van der Waals surface area contributed by atoms with Crippen molar-refractivity contribution in [2.75, 3.05) is 0 Å². The predicted octanol–water partition coefficient (Wildman–Crippen LogP) is 4.07. The highest BCUT2D eigenvalue weighted by molar-refractivity contribution is 7.18. The highest BCUT2D eigenvalue weighted by Crippen LogP contribution is 2.39. The number of aromatic nitrogens is 2. The summed E-state index contributed by atoms with van der Waals surface area (Å²) >= 11 is 1.79. The molecule has 0 saturated heterocycles. The van der Waals surface area contributed by atoms with Gasteiger partial charge in [0.25, 0.3) is 0 Å². The van der Waals surface area contributed by atoms with E-state index in [-0.39, 0.29) is 0 Å². The number of nitrogens with zero attached hydrogens (tertiary/aromatic N) is 2. The summed E-state index contributed by atoms with van der Waals surface area (Å²) in [5.74, 6) is 0.739. The molecule has 1 aromatic carbocycles. The molecule has 106 valence electrons. The van der Waals surface area contributed by atoms with Crippen LogP contribution in [0.3, 0.4) is 0 Å². The third-order valence-electron chi connectivity index (χ3n) is 4.09. The molecule has 3 aromatic rings. The van der Waals surface area contributed by atoms with E-state index >= 15 is 0 Å². The predicted molar refractivity (Wildman–Crippen MR) is 85.0 cm³/mol. The SMILES string of the molecule is Cc1ccccc1COc1ncnc2sc3c(c12)CCC3. The molecule has 0 unspecified atom stereocenters. The largest absolute Gasteiger partial charge is 0.472 e. The average molecular weight is 296 g/mol. The van der Waals surface area contributed by atoms with Crippen LogP contribution >= 0.6 is 11.3 Å². The molecular weight excluding hydrogens is 280 g/mol. The second kappa shape index (κ2) is 5.11. The van der Waals surface area contributed by atoms with Crippen LogP contribution in [0.5, 0.6) is 5.88 Å². The van der Waals surface area contributed by atoms with Gasteiger partial charge in [0, 0.05) is 4.88 Å². The zero-order chi connectivity index (χ0) is 14.2. The van der Waals surface area contributed by atoms with Crippen molar-refractivity contribution in [3.05, 3.63) is 52.2 Å². The van der Waals surface area contributed by atoms with Crippen molar-refractivity contribution in [1.29, 1.82) is 0 Å². The molecule has 1 aliphatic carbocycles. The molecule has 21 heavy (non-hydrogen) atoms. The van der Waals surface area contributed by atoms with Crippen molar-refractivity contribution in [2.24, 2.45) is 0 Å². The fourth-order valence-corrected chi connectivity index (χ4v) is 4.15.